The summed E-state index contributed by atoms with van der Waals surface area (Å²) >= 11 is 0. The molecule has 0 aliphatic carbocycles. The van der Waals surface area contributed by atoms with Gasteiger partial charge in [0.1, 0.15) is 19.3 Å². The Hall–Kier alpha value is -1.94. The van der Waals surface area contributed by atoms with Crippen LogP contribution in [0.4, 0.5) is 0 Å². The largest absolute Gasteiger partial charge is 0.472 e. The highest BCUT2D eigenvalue weighted by atomic mass is 31.2. The number of unbranched alkanes of at least 4 members (excludes halogenated alkanes) is 32. The third kappa shape index (κ3) is 63.2. The Morgan fingerprint density at radius 3 is 0.798 bits per heavy atom. The van der Waals surface area contributed by atoms with Gasteiger partial charge in [-0.3, -0.25) is 37.3 Å². The molecular formula is C70H136O17P2. The van der Waals surface area contributed by atoms with Crippen molar-refractivity contribution in [3.8, 4) is 0 Å². The second-order valence-corrected chi connectivity index (χ2v) is 29.8. The summed E-state index contributed by atoms with van der Waals surface area (Å²) in [6.45, 7) is 14.1. The summed E-state index contributed by atoms with van der Waals surface area (Å²) in [6, 6.07) is 0. The van der Waals surface area contributed by atoms with Crippen LogP contribution in [0.1, 0.15) is 344 Å². The summed E-state index contributed by atoms with van der Waals surface area (Å²) in [5, 5.41) is 10.6. The molecule has 0 spiro atoms. The molecule has 3 unspecified atom stereocenters. The summed E-state index contributed by atoms with van der Waals surface area (Å²) in [5.74, 6) is 0.857. The van der Waals surface area contributed by atoms with Crippen molar-refractivity contribution >= 4 is 39.5 Å². The molecule has 0 aromatic rings. The maximum Gasteiger partial charge on any atom is 0.472 e. The van der Waals surface area contributed by atoms with E-state index >= 15 is 0 Å². The number of rotatable bonds is 67. The fraction of sp³-hybridized carbons (Fsp3) is 0.943. The highest BCUT2D eigenvalue weighted by Gasteiger charge is 2.30. The zero-order chi connectivity index (χ0) is 66.1. The SMILES string of the molecule is CCC(C)CCCCCCCCC(=O)OC[C@H](COP(=O)(O)OC[C@H](O)COP(=O)(O)OC[C@@H](COC(=O)CCCCCCCCCCCC(C)C)OC(=O)CCCCCCCCCCCC(C)C)OC(=O)CCCCCCCCCCCCCCC(C)C. The van der Waals surface area contributed by atoms with Gasteiger partial charge in [0.25, 0.3) is 0 Å². The fourth-order valence-corrected chi connectivity index (χ4v) is 12.0. The van der Waals surface area contributed by atoms with Crippen LogP contribution in [-0.2, 0) is 65.4 Å². The molecule has 0 bridgehead atoms. The van der Waals surface area contributed by atoms with Gasteiger partial charge in [0, 0.05) is 25.7 Å². The lowest BCUT2D eigenvalue weighted by Gasteiger charge is -2.21. The molecule has 0 amide bonds. The molecule has 0 radical (unpaired) electrons. The van der Waals surface area contributed by atoms with Gasteiger partial charge in [0.05, 0.1) is 26.4 Å². The van der Waals surface area contributed by atoms with Crippen molar-refractivity contribution in [3.05, 3.63) is 0 Å². The van der Waals surface area contributed by atoms with Crippen LogP contribution in [0.15, 0.2) is 0 Å². The van der Waals surface area contributed by atoms with Gasteiger partial charge in [-0.25, -0.2) is 9.13 Å². The van der Waals surface area contributed by atoms with Crippen LogP contribution in [-0.4, -0.2) is 96.7 Å². The Kier molecular flexibility index (Phi) is 58.5. The molecule has 0 aromatic heterocycles. The molecule has 0 aromatic carbocycles. The molecule has 0 aliphatic heterocycles. The number of aliphatic hydroxyl groups is 1. The Morgan fingerprint density at radius 2 is 0.539 bits per heavy atom. The van der Waals surface area contributed by atoms with Crippen LogP contribution in [0, 0.1) is 23.7 Å². The number of esters is 4. The normalized spacial score (nSPS) is 14.6. The fourth-order valence-electron chi connectivity index (χ4n) is 10.5. The summed E-state index contributed by atoms with van der Waals surface area (Å²) in [7, 11) is -9.90. The van der Waals surface area contributed by atoms with Crippen LogP contribution in [0.3, 0.4) is 0 Å². The molecule has 89 heavy (non-hydrogen) atoms. The third-order valence-electron chi connectivity index (χ3n) is 16.4. The number of phosphoric acid groups is 2. The van der Waals surface area contributed by atoms with Crippen molar-refractivity contribution in [3.63, 3.8) is 0 Å². The molecule has 0 aliphatic rings. The Morgan fingerprint density at radius 1 is 0.315 bits per heavy atom. The zero-order valence-corrected chi connectivity index (χ0v) is 59.8. The van der Waals surface area contributed by atoms with Gasteiger partial charge in [0.15, 0.2) is 12.2 Å². The minimum Gasteiger partial charge on any atom is -0.462 e. The first kappa shape index (κ1) is 87.1. The highest BCUT2D eigenvalue weighted by Crippen LogP contribution is 2.45. The van der Waals surface area contributed by atoms with Crippen molar-refractivity contribution in [2.24, 2.45) is 23.7 Å². The maximum absolute atomic E-state index is 13.0. The molecule has 17 nitrogen and oxygen atoms in total. The van der Waals surface area contributed by atoms with Crippen LogP contribution < -0.4 is 0 Å². The standard InChI is InChI=1S/C70H136O17P2/c1-9-63(8)49-41-33-28-29-35-43-51-68(73)81-57-66(87-69(74)52-44-36-26-19-13-11-10-12-16-22-30-38-46-60(2)3)59-85-89(78,79)83-55-64(71)54-82-88(76,77)84-58-65(86-70(75)53-45-37-27-21-15-18-24-32-40-48-62(6)7)56-80-67(72)50-42-34-25-20-14-17-23-31-39-47-61(4)5/h60-66,71H,9-59H2,1-8H3,(H,76,77)(H,78,79)/t63?,64-,65-,66-/m1/s1. The minimum absolute atomic E-state index is 0.104. The zero-order valence-electron chi connectivity index (χ0n) is 58.1. The van der Waals surface area contributed by atoms with E-state index in [4.69, 9.17) is 37.0 Å². The van der Waals surface area contributed by atoms with Crippen molar-refractivity contribution < 1.29 is 80.2 Å². The van der Waals surface area contributed by atoms with Gasteiger partial charge in [-0.15, -0.1) is 0 Å². The third-order valence-corrected chi connectivity index (χ3v) is 18.3. The second kappa shape index (κ2) is 59.8. The lowest BCUT2D eigenvalue weighted by atomic mass is 10.00. The van der Waals surface area contributed by atoms with Crippen molar-refractivity contribution in [2.45, 2.75) is 363 Å². The lowest BCUT2D eigenvalue weighted by Crippen LogP contribution is -2.30. The summed E-state index contributed by atoms with van der Waals surface area (Å²) in [4.78, 5) is 72.5. The summed E-state index contributed by atoms with van der Waals surface area (Å²) < 4.78 is 68.3. The van der Waals surface area contributed by atoms with E-state index in [0.29, 0.717) is 25.7 Å². The number of carbonyl (C=O) groups excluding carboxylic acids is 4. The molecule has 528 valence electrons. The van der Waals surface area contributed by atoms with E-state index in [1.165, 1.54) is 141 Å². The molecule has 3 N–H and O–H groups in total. The van der Waals surface area contributed by atoms with E-state index in [-0.39, 0.29) is 25.7 Å². The number of hydrogen-bond donors (Lipinski definition) is 3. The lowest BCUT2D eigenvalue weighted by molar-refractivity contribution is -0.161. The maximum atomic E-state index is 13.0. The molecule has 0 saturated heterocycles. The highest BCUT2D eigenvalue weighted by molar-refractivity contribution is 7.47. The van der Waals surface area contributed by atoms with E-state index in [1.54, 1.807) is 0 Å². The van der Waals surface area contributed by atoms with Crippen LogP contribution in [0.2, 0.25) is 0 Å². The summed E-state index contributed by atoms with van der Waals surface area (Å²) in [6.07, 6.45) is 41.7. The van der Waals surface area contributed by atoms with Crippen LogP contribution in [0.25, 0.3) is 0 Å². The Balaban J connectivity index is 5.26. The van der Waals surface area contributed by atoms with Crippen molar-refractivity contribution in [2.75, 3.05) is 39.6 Å². The van der Waals surface area contributed by atoms with E-state index in [0.717, 1.165) is 120 Å². The molecule has 19 heteroatoms. The molecule has 0 fully saturated rings. The predicted octanol–water partition coefficient (Wildman–Crippen LogP) is 19.7. The predicted molar refractivity (Wildman–Crippen MR) is 358 cm³/mol. The molecule has 0 saturated carbocycles. The summed E-state index contributed by atoms with van der Waals surface area (Å²) in [5.41, 5.74) is 0. The second-order valence-electron chi connectivity index (χ2n) is 26.9. The van der Waals surface area contributed by atoms with E-state index in [2.05, 4.69) is 55.4 Å². The number of carbonyl (C=O) groups is 4. The quantitative estimate of drug-likeness (QED) is 0.0222. The van der Waals surface area contributed by atoms with Crippen molar-refractivity contribution in [1.29, 1.82) is 0 Å². The van der Waals surface area contributed by atoms with Gasteiger partial charge in [-0.1, -0.05) is 293 Å². The Labute approximate surface area is 543 Å². The van der Waals surface area contributed by atoms with Crippen molar-refractivity contribution in [1.82, 2.24) is 0 Å². The van der Waals surface area contributed by atoms with Gasteiger partial charge in [-0.2, -0.15) is 0 Å². The van der Waals surface area contributed by atoms with E-state index < -0.39 is 97.5 Å². The van der Waals surface area contributed by atoms with Crippen LogP contribution in [0.5, 0.6) is 0 Å². The van der Waals surface area contributed by atoms with E-state index in [1.807, 2.05) is 0 Å². The van der Waals surface area contributed by atoms with Gasteiger partial charge < -0.3 is 33.8 Å². The number of hydrogen-bond acceptors (Lipinski definition) is 15. The number of ether oxygens (including phenoxy) is 4. The first-order valence-electron chi connectivity index (χ1n) is 36.2. The first-order valence-corrected chi connectivity index (χ1v) is 39.2. The molecule has 0 heterocycles. The first-order chi connectivity index (χ1) is 42.6. The van der Waals surface area contributed by atoms with Gasteiger partial charge in [-0.05, 0) is 49.4 Å². The molecule has 6 atom stereocenters. The minimum atomic E-state index is -4.95. The topological polar surface area (TPSA) is 237 Å². The van der Waals surface area contributed by atoms with E-state index in [9.17, 15) is 43.2 Å². The molecule has 0 rings (SSSR count). The van der Waals surface area contributed by atoms with Gasteiger partial charge in [0.2, 0.25) is 0 Å². The monoisotopic (exact) mass is 1310 g/mol. The average Bonchev–Trinajstić information content (AvgIpc) is 3.57. The smallest absolute Gasteiger partial charge is 0.462 e. The Bertz CT molecular complexity index is 1770. The van der Waals surface area contributed by atoms with Crippen LogP contribution >= 0.6 is 15.6 Å². The van der Waals surface area contributed by atoms with Gasteiger partial charge >= 0.3 is 39.5 Å². The number of phosphoric ester groups is 2. The number of aliphatic hydroxyl groups excluding tert-OH is 1. The average molecular weight is 1310 g/mol. The molecular weight excluding hydrogens is 1170 g/mol.